The maximum atomic E-state index is 12.5. The predicted octanol–water partition coefficient (Wildman–Crippen LogP) is 3.01. The molecule has 0 radical (unpaired) electrons. The molecule has 0 saturated heterocycles. The van der Waals surface area contributed by atoms with Gasteiger partial charge in [-0.15, -0.1) is 11.3 Å². The standard InChI is InChI=1S/C17H17N3O3S/c1-11-14(12(2)23-19-11)10-22-15-7-5-4-6-13(15)16(21)18-17-20(3)8-9-24-17/h4-9H,10H2,1-3H3. The van der Waals surface area contributed by atoms with Gasteiger partial charge < -0.3 is 13.8 Å². The molecule has 0 atom stereocenters. The third-order valence-corrected chi connectivity index (χ3v) is 4.48. The highest BCUT2D eigenvalue weighted by atomic mass is 32.1. The molecule has 0 aliphatic rings. The first-order valence-electron chi connectivity index (χ1n) is 7.39. The number of carbonyl (C=O) groups excluding carboxylic acids is 1. The first-order chi connectivity index (χ1) is 11.6. The van der Waals surface area contributed by atoms with Crippen LogP contribution >= 0.6 is 11.3 Å². The molecule has 1 amide bonds. The minimum Gasteiger partial charge on any atom is -0.488 e. The van der Waals surface area contributed by atoms with E-state index in [0.717, 1.165) is 11.3 Å². The molecule has 3 aromatic rings. The number of benzene rings is 1. The molecular formula is C17H17N3O3S. The Kier molecular flexibility index (Phi) is 4.61. The Labute approximate surface area is 143 Å². The summed E-state index contributed by atoms with van der Waals surface area (Å²) in [6.07, 6.45) is 1.86. The fraction of sp³-hybridized carbons (Fsp3) is 0.235. The van der Waals surface area contributed by atoms with E-state index in [1.165, 1.54) is 11.3 Å². The molecule has 24 heavy (non-hydrogen) atoms. The molecule has 0 aliphatic heterocycles. The lowest BCUT2D eigenvalue weighted by Gasteiger charge is -2.09. The molecule has 3 rings (SSSR count). The van der Waals surface area contributed by atoms with Gasteiger partial charge in [0, 0.05) is 18.6 Å². The summed E-state index contributed by atoms with van der Waals surface area (Å²) in [5.74, 6) is 0.875. The Morgan fingerprint density at radius 2 is 2.17 bits per heavy atom. The molecular weight excluding hydrogens is 326 g/mol. The monoisotopic (exact) mass is 343 g/mol. The van der Waals surface area contributed by atoms with Crippen LogP contribution in [0.3, 0.4) is 0 Å². The van der Waals surface area contributed by atoms with Gasteiger partial charge in [-0.1, -0.05) is 17.3 Å². The highest BCUT2D eigenvalue weighted by molar-refractivity contribution is 7.07. The van der Waals surface area contributed by atoms with E-state index in [1.807, 2.05) is 38.5 Å². The average molecular weight is 343 g/mol. The second-order valence-electron chi connectivity index (χ2n) is 5.30. The number of nitrogens with zero attached hydrogens (tertiary/aromatic N) is 3. The third kappa shape index (κ3) is 3.30. The smallest absolute Gasteiger partial charge is 0.283 e. The molecule has 0 fully saturated rings. The van der Waals surface area contributed by atoms with Crippen molar-refractivity contribution in [3.8, 4) is 5.75 Å². The maximum Gasteiger partial charge on any atom is 0.283 e. The summed E-state index contributed by atoms with van der Waals surface area (Å²) in [5.41, 5.74) is 2.10. The summed E-state index contributed by atoms with van der Waals surface area (Å²) in [4.78, 5) is 17.3. The van der Waals surface area contributed by atoms with Gasteiger partial charge in [-0.05, 0) is 26.0 Å². The minimum atomic E-state index is -0.331. The molecule has 0 N–H and O–H groups in total. The van der Waals surface area contributed by atoms with Crippen LogP contribution in [-0.4, -0.2) is 15.6 Å². The maximum absolute atomic E-state index is 12.5. The van der Waals surface area contributed by atoms with Crippen molar-refractivity contribution in [3.05, 3.63) is 63.2 Å². The Morgan fingerprint density at radius 1 is 1.38 bits per heavy atom. The van der Waals surface area contributed by atoms with E-state index in [0.29, 0.717) is 21.9 Å². The number of hydrogen-bond acceptors (Lipinski definition) is 5. The van der Waals surface area contributed by atoms with Gasteiger partial charge in [-0.2, -0.15) is 4.99 Å². The topological polar surface area (TPSA) is 69.6 Å². The van der Waals surface area contributed by atoms with Gasteiger partial charge in [-0.3, -0.25) is 4.79 Å². The predicted molar refractivity (Wildman–Crippen MR) is 89.9 cm³/mol. The van der Waals surface area contributed by atoms with Crippen LogP contribution in [0.4, 0.5) is 0 Å². The van der Waals surface area contributed by atoms with E-state index in [9.17, 15) is 4.79 Å². The molecule has 6 nitrogen and oxygen atoms in total. The molecule has 0 aliphatic carbocycles. The Morgan fingerprint density at radius 3 is 2.83 bits per heavy atom. The van der Waals surface area contributed by atoms with E-state index < -0.39 is 0 Å². The van der Waals surface area contributed by atoms with E-state index in [1.54, 1.807) is 22.8 Å². The lowest BCUT2D eigenvalue weighted by Crippen LogP contribution is -2.13. The zero-order valence-electron chi connectivity index (χ0n) is 13.6. The summed E-state index contributed by atoms with van der Waals surface area (Å²) in [6, 6.07) is 7.09. The largest absolute Gasteiger partial charge is 0.488 e. The van der Waals surface area contributed by atoms with Crippen molar-refractivity contribution in [2.75, 3.05) is 0 Å². The lowest BCUT2D eigenvalue weighted by atomic mass is 10.2. The number of rotatable bonds is 4. The van der Waals surface area contributed by atoms with Gasteiger partial charge in [0.2, 0.25) is 0 Å². The Bertz CT molecular complexity index is 917. The van der Waals surface area contributed by atoms with Gasteiger partial charge >= 0.3 is 0 Å². The molecule has 2 aromatic heterocycles. The molecule has 7 heteroatoms. The summed E-state index contributed by atoms with van der Waals surface area (Å²) in [5, 5.41) is 5.78. The van der Waals surface area contributed by atoms with Crippen molar-refractivity contribution in [1.82, 2.24) is 9.72 Å². The van der Waals surface area contributed by atoms with Crippen LogP contribution in [0.25, 0.3) is 0 Å². The first-order valence-corrected chi connectivity index (χ1v) is 8.27. The van der Waals surface area contributed by atoms with Crippen molar-refractivity contribution in [1.29, 1.82) is 0 Å². The average Bonchev–Trinajstić information content (AvgIpc) is 3.12. The molecule has 0 bridgehead atoms. The summed E-state index contributed by atoms with van der Waals surface area (Å²) in [6.45, 7) is 3.98. The SMILES string of the molecule is Cc1noc(C)c1COc1ccccc1C(=O)N=c1sccn1C. The van der Waals surface area contributed by atoms with E-state index >= 15 is 0 Å². The number of amides is 1. The highest BCUT2D eigenvalue weighted by Crippen LogP contribution is 2.22. The van der Waals surface area contributed by atoms with Crippen LogP contribution in [0.2, 0.25) is 0 Å². The highest BCUT2D eigenvalue weighted by Gasteiger charge is 2.14. The number of aryl methyl sites for hydroxylation is 3. The van der Waals surface area contributed by atoms with Gasteiger partial charge in [0.15, 0.2) is 4.80 Å². The van der Waals surface area contributed by atoms with Crippen LogP contribution in [0, 0.1) is 13.8 Å². The molecule has 0 saturated carbocycles. The second-order valence-corrected chi connectivity index (χ2v) is 6.17. The minimum absolute atomic E-state index is 0.290. The number of carbonyl (C=O) groups is 1. The quantitative estimate of drug-likeness (QED) is 0.730. The molecule has 0 spiro atoms. The first kappa shape index (κ1) is 16.2. The number of para-hydroxylation sites is 1. The summed E-state index contributed by atoms with van der Waals surface area (Å²) < 4.78 is 12.8. The van der Waals surface area contributed by atoms with Crippen LogP contribution in [0.1, 0.15) is 27.4 Å². The zero-order valence-corrected chi connectivity index (χ0v) is 14.5. The Balaban J connectivity index is 1.86. The van der Waals surface area contributed by atoms with E-state index in [4.69, 9.17) is 9.26 Å². The lowest BCUT2D eigenvalue weighted by molar-refractivity contribution is 0.0993. The number of ether oxygens (including phenoxy) is 1. The van der Waals surface area contributed by atoms with Gasteiger partial charge in [0.05, 0.1) is 16.8 Å². The number of thiazole rings is 1. The van der Waals surface area contributed by atoms with E-state index in [2.05, 4.69) is 10.1 Å². The molecule has 124 valence electrons. The number of hydrogen-bond donors (Lipinski definition) is 0. The van der Waals surface area contributed by atoms with Crippen molar-refractivity contribution < 1.29 is 14.1 Å². The third-order valence-electron chi connectivity index (χ3n) is 3.63. The van der Waals surface area contributed by atoms with Crippen LogP contribution < -0.4 is 9.54 Å². The second kappa shape index (κ2) is 6.84. The van der Waals surface area contributed by atoms with Crippen molar-refractivity contribution >= 4 is 17.2 Å². The zero-order chi connectivity index (χ0) is 17.1. The summed E-state index contributed by atoms with van der Waals surface area (Å²) in [7, 11) is 1.85. The van der Waals surface area contributed by atoms with E-state index in [-0.39, 0.29) is 12.5 Å². The Hall–Kier alpha value is -2.67. The van der Waals surface area contributed by atoms with Gasteiger partial charge in [0.1, 0.15) is 18.1 Å². The normalized spacial score (nSPS) is 11.7. The van der Waals surface area contributed by atoms with Gasteiger partial charge in [0.25, 0.3) is 5.91 Å². The molecule has 1 aromatic carbocycles. The molecule has 0 unspecified atom stereocenters. The molecule has 2 heterocycles. The van der Waals surface area contributed by atoms with Crippen LogP contribution in [-0.2, 0) is 13.7 Å². The van der Waals surface area contributed by atoms with Crippen LogP contribution in [0.5, 0.6) is 5.75 Å². The van der Waals surface area contributed by atoms with Gasteiger partial charge in [-0.25, -0.2) is 0 Å². The fourth-order valence-electron chi connectivity index (χ4n) is 2.21. The number of aromatic nitrogens is 2. The summed E-state index contributed by atoms with van der Waals surface area (Å²) >= 11 is 1.41. The van der Waals surface area contributed by atoms with Crippen molar-refractivity contribution in [3.63, 3.8) is 0 Å². The fourth-order valence-corrected chi connectivity index (χ4v) is 2.94. The van der Waals surface area contributed by atoms with Crippen LogP contribution in [0.15, 0.2) is 45.4 Å². The van der Waals surface area contributed by atoms with Crippen molar-refractivity contribution in [2.45, 2.75) is 20.5 Å². The van der Waals surface area contributed by atoms with Crippen molar-refractivity contribution in [2.24, 2.45) is 12.0 Å².